The predicted molar refractivity (Wildman–Crippen MR) is 118 cm³/mol. The molecular weight excluding hydrogens is 438 g/mol. The van der Waals surface area contributed by atoms with Crippen molar-refractivity contribution in [2.24, 2.45) is 5.92 Å². The lowest BCUT2D eigenvalue weighted by Gasteiger charge is -2.22. The minimum Gasteiger partial charge on any atom is -0.489 e. The van der Waals surface area contributed by atoms with Crippen LogP contribution < -0.4 is 14.8 Å². The monoisotopic (exact) mass is 461 g/mol. The molecule has 0 amide bonds. The topological polar surface area (TPSA) is 99.6 Å². The van der Waals surface area contributed by atoms with Crippen LogP contribution in [0.5, 0.6) is 17.2 Å². The van der Waals surface area contributed by atoms with Gasteiger partial charge in [0.2, 0.25) is 0 Å². The summed E-state index contributed by atoms with van der Waals surface area (Å²) in [6.07, 6.45) is 6.40. The van der Waals surface area contributed by atoms with Gasteiger partial charge in [0.05, 0.1) is 17.7 Å². The van der Waals surface area contributed by atoms with Gasteiger partial charge in [-0.1, -0.05) is 0 Å². The van der Waals surface area contributed by atoms with Crippen LogP contribution in [0, 0.1) is 5.92 Å². The van der Waals surface area contributed by atoms with Gasteiger partial charge < -0.3 is 19.5 Å². The van der Waals surface area contributed by atoms with E-state index in [1.807, 2.05) is 5.38 Å². The first kappa shape index (κ1) is 21.5. The number of pyridine rings is 1. The Bertz CT molecular complexity index is 1100. The molecule has 3 aromatic rings. The summed E-state index contributed by atoms with van der Waals surface area (Å²) in [6.45, 7) is 2.07. The van der Waals surface area contributed by atoms with Gasteiger partial charge in [-0.15, -0.1) is 11.3 Å². The molecule has 2 aromatic heterocycles. The summed E-state index contributed by atoms with van der Waals surface area (Å²) in [7, 11) is -3.26. The van der Waals surface area contributed by atoms with Crippen molar-refractivity contribution in [3.63, 3.8) is 0 Å². The molecular formula is C21H23N3O5S2. The summed E-state index contributed by atoms with van der Waals surface area (Å²) in [5, 5.41) is 5.77. The number of ether oxygens (including phenoxy) is 3. The fourth-order valence-electron chi connectivity index (χ4n) is 3.08. The largest absolute Gasteiger partial charge is 0.489 e. The summed E-state index contributed by atoms with van der Waals surface area (Å²) in [6, 6.07) is 8.02. The van der Waals surface area contributed by atoms with E-state index in [0.29, 0.717) is 40.7 Å². The van der Waals surface area contributed by atoms with Crippen molar-refractivity contribution >= 4 is 32.1 Å². The smallest absolute Gasteiger partial charge is 0.188 e. The number of anilines is 2. The van der Waals surface area contributed by atoms with E-state index < -0.39 is 9.84 Å². The number of aromatic nitrogens is 2. The Balaban J connectivity index is 1.52. The number of hydrogen-bond donors (Lipinski definition) is 1. The number of thiazole rings is 1. The van der Waals surface area contributed by atoms with Crippen LogP contribution in [0.2, 0.25) is 0 Å². The lowest BCUT2D eigenvalue weighted by atomic mass is 10.0. The molecule has 1 aliphatic heterocycles. The average Bonchev–Trinajstić information content (AvgIpc) is 3.27. The fraction of sp³-hybridized carbons (Fsp3) is 0.333. The molecule has 3 heterocycles. The molecule has 1 N–H and O–H groups in total. The molecule has 1 fully saturated rings. The second kappa shape index (κ2) is 9.63. The second-order valence-electron chi connectivity index (χ2n) is 7.19. The van der Waals surface area contributed by atoms with Gasteiger partial charge >= 0.3 is 0 Å². The molecule has 0 bridgehead atoms. The van der Waals surface area contributed by atoms with Gasteiger partial charge in [0, 0.05) is 37.1 Å². The molecule has 164 valence electrons. The van der Waals surface area contributed by atoms with E-state index in [0.717, 1.165) is 26.1 Å². The third-order valence-corrected chi connectivity index (χ3v) is 6.61. The minimum atomic E-state index is -3.26. The van der Waals surface area contributed by atoms with Crippen molar-refractivity contribution in [1.82, 2.24) is 9.97 Å². The number of nitrogens with one attached hydrogen (secondary N) is 1. The van der Waals surface area contributed by atoms with E-state index in [-0.39, 0.29) is 4.90 Å². The summed E-state index contributed by atoms with van der Waals surface area (Å²) in [4.78, 5) is 8.93. The number of benzene rings is 1. The van der Waals surface area contributed by atoms with Gasteiger partial charge in [-0.25, -0.2) is 18.4 Å². The molecule has 1 aliphatic rings. The number of hydrogen-bond acceptors (Lipinski definition) is 9. The van der Waals surface area contributed by atoms with Crippen molar-refractivity contribution in [2.45, 2.75) is 17.7 Å². The molecule has 31 heavy (non-hydrogen) atoms. The van der Waals surface area contributed by atoms with E-state index in [1.54, 1.807) is 30.6 Å². The number of nitrogens with zero attached hydrogens (tertiary/aromatic N) is 2. The highest BCUT2D eigenvalue weighted by Crippen LogP contribution is 2.33. The van der Waals surface area contributed by atoms with Crippen molar-refractivity contribution in [3.05, 3.63) is 48.1 Å². The highest BCUT2D eigenvalue weighted by molar-refractivity contribution is 7.90. The molecule has 8 nitrogen and oxygen atoms in total. The van der Waals surface area contributed by atoms with Crippen molar-refractivity contribution in [1.29, 1.82) is 0 Å². The molecule has 4 rings (SSSR count). The van der Waals surface area contributed by atoms with Crippen molar-refractivity contribution in [3.8, 4) is 17.2 Å². The third-order valence-electron chi connectivity index (χ3n) is 4.79. The SMILES string of the molecule is CS(=O)(=O)c1ccc(Oc2cnc(Nc3nccs3)c(OCC3CCOCC3)c2)cc1. The Kier molecular flexibility index (Phi) is 6.69. The average molecular weight is 462 g/mol. The van der Waals surface area contributed by atoms with E-state index >= 15 is 0 Å². The normalized spacial score (nSPS) is 14.9. The molecule has 0 spiro atoms. The van der Waals surface area contributed by atoms with E-state index in [4.69, 9.17) is 14.2 Å². The Labute approximate surface area is 185 Å². The molecule has 0 saturated carbocycles. The van der Waals surface area contributed by atoms with E-state index in [9.17, 15) is 8.42 Å². The quantitative estimate of drug-likeness (QED) is 0.531. The lowest BCUT2D eigenvalue weighted by Crippen LogP contribution is -2.21. The Morgan fingerprint density at radius 2 is 1.94 bits per heavy atom. The molecule has 1 aromatic carbocycles. The van der Waals surface area contributed by atoms with Gasteiger partial charge in [-0.2, -0.15) is 0 Å². The van der Waals surface area contributed by atoms with Crippen LogP contribution in [-0.2, 0) is 14.6 Å². The van der Waals surface area contributed by atoms with Crippen LogP contribution >= 0.6 is 11.3 Å². The zero-order chi connectivity index (χ0) is 21.7. The summed E-state index contributed by atoms with van der Waals surface area (Å²) < 4.78 is 40.7. The zero-order valence-electron chi connectivity index (χ0n) is 17.0. The molecule has 0 unspecified atom stereocenters. The first-order valence-electron chi connectivity index (χ1n) is 9.82. The maximum atomic E-state index is 11.6. The van der Waals surface area contributed by atoms with Crippen LogP contribution in [0.15, 0.2) is 53.0 Å². The van der Waals surface area contributed by atoms with E-state index in [2.05, 4.69) is 15.3 Å². The minimum absolute atomic E-state index is 0.237. The van der Waals surface area contributed by atoms with Crippen molar-refractivity contribution in [2.75, 3.05) is 31.4 Å². The van der Waals surface area contributed by atoms with Gasteiger partial charge in [-0.05, 0) is 43.0 Å². The van der Waals surface area contributed by atoms with Crippen LogP contribution in [0.1, 0.15) is 12.8 Å². The van der Waals surface area contributed by atoms with Gasteiger partial charge in [0.15, 0.2) is 26.5 Å². The Morgan fingerprint density at radius 3 is 2.61 bits per heavy atom. The Hall–Kier alpha value is -2.69. The van der Waals surface area contributed by atoms with Crippen LogP contribution in [0.3, 0.4) is 0 Å². The fourth-order valence-corrected chi connectivity index (χ4v) is 4.24. The summed E-state index contributed by atoms with van der Waals surface area (Å²) in [5.41, 5.74) is 0. The van der Waals surface area contributed by atoms with Gasteiger partial charge in [0.1, 0.15) is 11.5 Å². The predicted octanol–water partition coefficient (Wildman–Crippen LogP) is 4.28. The van der Waals surface area contributed by atoms with E-state index in [1.165, 1.54) is 29.7 Å². The summed E-state index contributed by atoms with van der Waals surface area (Å²) in [5.74, 6) is 2.53. The van der Waals surface area contributed by atoms with Crippen LogP contribution in [-0.4, -0.2) is 44.5 Å². The highest BCUT2D eigenvalue weighted by Gasteiger charge is 2.17. The molecule has 1 saturated heterocycles. The van der Waals surface area contributed by atoms with Gasteiger partial charge in [0.25, 0.3) is 0 Å². The standard InChI is InChI=1S/C21H23N3O5S2/c1-31(25,26)18-4-2-16(3-5-18)29-17-12-19(28-14-15-6-9-27-10-7-15)20(23-13-17)24-21-22-8-11-30-21/h2-5,8,11-13,15H,6-7,9-10,14H2,1H3,(H,22,23,24). The third kappa shape index (κ3) is 5.93. The van der Waals surface area contributed by atoms with Crippen LogP contribution in [0.4, 0.5) is 10.9 Å². The molecule has 0 aliphatic carbocycles. The van der Waals surface area contributed by atoms with Gasteiger partial charge in [-0.3, -0.25) is 0 Å². The molecule has 0 radical (unpaired) electrons. The second-order valence-corrected chi connectivity index (χ2v) is 10.1. The number of rotatable bonds is 8. The first-order valence-corrected chi connectivity index (χ1v) is 12.6. The number of sulfone groups is 1. The zero-order valence-corrected chi connectivity index (χ0v) is 18.6. The Morgan fingerprint density at radius 1 is 1.16 bits per heavy atom. The molecule has 0 atom stereocenters. The maximum Gasteiger partial charge on any atom is 0.188 e. The summed E-state index contributed by atoms with van der Waals surface area (Å²) >= 11 is 1.47. The molecule has 10 heteroatoms. The lowest BCUT2D eigenvalue weighted by molar-refractivity contribution is 0.0498. The maximum absolute atomic E-state index is 11.6. The van der Waals surface area contributed by atoms with Crippen molar-refractivity contribution < 1.29 is 22.6 Å². The first-order chi connectivity index (χ1) is 15.0. The highest BCUT2D eigenvalue weighted by atomic mass is 32.2. The van der Waals surface area contributed by atoms with Crippen LogP contribution in [0.25, 0.3) is 0 Å².